The molecule has 0 amide bonds. The van der Waals surface area contributed by atoms with E-state index in [0.29, 0.717) is 5.41 Å². The Hall–Kier alpha value is 0. The Morgan fingerprint density at radius 2 is 1.62 bits per heavy atom. The molecule has 0 bridgehead atoms. The first-order valence-electron chi connectivity index (χ1n) is 6.12. The average Bonchev–Trinajstić information content (AvgIpc) is 2.13. The zero-order valence-electron chi connectivity index (χ0n) is 9.47. The summed E-state index contributed by atoms with van der Waals surface area (Å²) in [6, 6.07) is 0. The van der Waals surface area contributed by atoms with Gasteiger partial charge < -0.3 is 0 Å². The predicted octanol–water partition coefficient (Wildman–Crippen LogP) is 4.25. The Morgan fingerprint density at radius 1 is 0.923 bits per heavy atom. The molecule has 0 radical (unpaired) electrons. The van der Waals surface area contributed by atoms with Gasteiger partial charge in [-0.1, -0.05) is 40.0 Å². The van der Waals surface area contributed by atoms with Crippen molar-refractivity contribution >= 4 is 0 Å². The largest absolute Gasteiger partial charge is 0.0620 e. The Morgan fingerprint density at radius 3 is 2.38 bits per heavy atom. The van der Waals surface area contributed by atoms with Crippen molar-refractivity contribution in [1.29, 1.82) is 0 Å². The van der Waals surface area contributed by atoms with Gasteiger partial charge in [0.25, 0.3) is 0 Å². The molecule has 0 aromatic heterocycles. The molecular formula is C13H24. The summed E-state index contributed by atoms with van der Waals surface area (Å²) >= 11 is 0. The van der Waals surface area contributed by atoms with Crippen LogP contribution in [0.2, 0.25) is 0 Å². The molecule has 0 aromatic rings. The van der Waals surface area contributed by atoms with Crippen LogP contribution in [-0.2, 0) is 0 Å². The third-order valence-corrected chi connectivity index (χ3v) is 5.11. The second kappa shape index (κ2) is 3.29. The highest BCUT2D eigenvalue weighted by Crippen LogP contribution is 2.52. The van der Waals surface area contributed by atoms with Gasteiger partial charge in [-0.05, 0) is 42.4 Å². The Balaban J connectivity index is 2.14. The Labute approximate surface area is 83.1 Å². The first-order chi connectivity index (χ1) is 6.12. The smallest absolute Gasteiger partial charge is 0.0298 e. The van der Waals surface area contributed by atoms with Crippen LogP contribution >= 0.6 is 0 Å². The predicted molar refractivity (Wildman–Crippen MR) is 57.6 cm³/mol. The van der Waals surface area contributed by atoms with Crippen molar-refractivity contribution in [3.63, 3.8) is 0 Å². The van der Waals surface area contributed by atoms with E-state index in [1.54, 1.807) is 0 Å². The molecule has 2 fully saturated rings. The lowest BCUT2D eigenvalue weighted by atomic mass is 9.55. The molecule has 0 nitrogen and oxygen atoms in total. The van der Waals surface area contributed by atoms with Crippen molar-refractivity contribution in [2.45, 2.75) is 59.3 Å². The maximum absolute atomic E-state index is 2.51. The summed E-state index contributed by atoms with van der Waals surface area (Å²) in [7, 11) is 0. The quantitative estimate of drug-likeness (QED) is 0.523. The lowest BCUT2D eigenvalue weighted by Crippen LogP contribution is -2.41. The van der Waals surface area contributed by atoms with Gasteiger partial charge in [-0.3, -0.25) is 0 Å². The summed E-state index contributed by atoms with van der Waals surface area (Å²) in [5, 5.41) is 0. The van der Waals surface area contributed by atoms with Crippen LogP contribution in [0.4, 0.5) is 0 Å². The van der Waals surface area contributed by atoms with Crippen LogP contribution in [0.5, 0.6) is 0 Å². The molecule has 2 saturated carbocycles. The molecule has 3 unspecified atom stereocenters. The fourth-order valence-electron chi connectivity index (χ4n) is 3.73. The highest BCUT2D eigenvalue weighted by molar-refractivity contribution is 4.93. The standard InChI is InChI=1S/C13H24/c1-10-8-9-11-6-4-5-7-12(11)13(10,2)3/h10-12H,4-9H2,1-3H3. The van der Waals surface area contributed by atoms with Gasteiger partial charge >= 0.3 is 0 Å². The van der Waals surface area contributed by atoms with Gasteiger partial charge in [0.15, 0.2) is 0 Å². The van der Waals surface area contributed by atoms with Gasteiger partial charge in [0.05, 0.1) is 0 Å². The van der Waals surface area contributed by atoms with Crippen molar-refractivity contribution in [1.82, 2.24) is 0 Å². The molecule has 2 aliphatic rings. The molecule has 0 aromatic carbocycles. The van der Waals surface area contributed by atoms with Crippen molar-refractivity contribution in [2.24, 2.45) is 23.2 Å². The highest BCUT2D eigenvalue weighted by Gasteiger charge is 2.43. The zero-order valence-corrected chi connectivity index (χ0v) is 9.47. The highest BCUT2D eigenvalue weighted by atomic mass is 14.5. The Kier molecular flexibility index (Phi) is 2.42. The third-order valence-electron chi connectivity index (χ3n) is 5.11. The summed E-state index contributed by atoms with van der Waals surface area (Å²) in [6.45, 7) is 7.49. The molecular weight excluding hydrogens is 156 g/mol. The third kappa shape index (κ3) is 1.53. The summed E-state index contributed by atoms with van der Waals surface area (Å²) in [4.78, 5) is 0. The molecule has 0 saturated heterocycles. The molecule has 0 aliphatic heterocycles. The van der Waals surface area contributed by atoms with E-state index in [9.17, 15) is 0 Å². The molecule has 3 atom stereocenters. The lowest BCUT2D eigenvalue weighted by molar-refractivity contribution is -0.00499. The van der Waals surface area contributed by atoms with Gasteiger partial charge in [0.1, 0.15) is 0 Å². The second-order valence-electron chi connectivity index (χ2n) is 5.95. The fourth-order valence-corrected chi connectivity index (χ4v) is 3.73. The molecule has 2 rings (SSSR count). The fraction of sp³-hybridized carbons (Fsp3) is 1.00. The summed E-state index contributed by atoms with van der Waals surface area (Å²) in [6.07, 6.45) is 9.05. The summed E-state index contributed by atoms with van der Waals surface area (Å²) < 4.78 is 0. The maximum Gasteiger partial charge on any atom is -0.0298 e. The number of rotatable bonds is 0. The van der Waals surface area contributed by atoms with Crippen LogP contribution < -0.4 is 0 Å². The van der Waals surface area contributed by atoms with Gasteiger partial charge in [0.2, 0.25) is 0 Å². The van der Waals surface area contributed by atoms with Gasteiger partial charge in [-0.2, -0.15) is 0 Å². The number of fused-ring (bicyclic) bond motifs is 1. The number of hydrogen-bond donors (Lipinski definition) is 0. The van der Waals surface area contributed by atoms with Crippen molar-refractivity contribution < 1.29 is 0 Å². The van der Waals surface area contributed by atoms with Gasteiger partial charge in [-0.25, -0.2) is 0 Å². The van der Waals surface area contributed by atoms with Gasteiger partial charge in [0, 0.05) is 0 Å². The van der Waals surface area contributed by atoms with Crippen LogP contribution in [0.25, 0.3) is 0 Å². The molecule has 13 heavy (non-hydrogen) atoms. The van der Waals surface area contributed by atoms with E-state index >= 15 is 0 Å². The van der Waals surface area contributed by atoms with Crippen LogP contribution in [-0.4, -0.2) is 0 Å². The van der Waals surface area contributed by atoms with E-state index in [1.807, 2.05) is 0 Å². The lowest BCUT2D eigenvalue weighted by Gasteiger charge is -2.50. The van der Waals surface area contributed by atoms with E-state index in [-0.39, 0.29) is 0 Å². The second-order valence-corrected chi connectivity index (χ2v) is 5.95. The van der Waals surface area contributed by atoms with Crippen LogP contribution in [0.15, 0.2) is 0 Å². The summed E-state index contributed by atoms with van der Waals surface area (Å²) in [5.41, 5.74) is 0.628. The van der Waals surface area contributed by atoms with Gasteiger partial charge in [-0.15, -0.1) is 0 Å². The molecule has 0 spiro atoms. The van der Waals surface area contributed by atoms with E-state index in [1.165, 1.54) is 38.5 Å². The average molecular weight is 180 g/mol. The maximum atomic E-state index is 2.51. The molecule has 2 aliphatic carbocycles. The first-order valence-corrected chi connectivity index (χ1v) is 6.12. The van der Waals surface area contributed by atoms with Crippen LogP contribution in [0, 0.1) is 23.2 Å². The SMILES string of the molecule is CC1CCC2CCCCC2C1(C)C. The summed E-state index contributed by atoms with van der Waals surface area (Å²) in [5.74, 6) is 3.08. The minimum atomic E-state index is 0.628. The molecule has 0 heterocycles. The Bertz CT molecular complexity index is 180. The van der Waals surface area contributed by atoms with Crippen LogP contribution in [0.3, 0.4) is 0 Å². The van der Waals surface area contributed by atoms with E-state index in [2.05, 4.69) is 20.8 Å². The minimum absolute atomic E-state index is 0.628. The van der Waals surface area contributed by atoms with Crippen molar-refractivity contribution in [2.75, 3.05) is 0 Å². The topological polar surface area (TPSA) is 0 Å². The van der Waals surface area contributed by atoms with E-state index in [4.69, 9.17) is 0 Å². The zero-order chi connectivity index (χ0) is 9.47. The van der Waals surface area contributed by atoms with Crippen molar-refractivity contribution in [3.05, 3.63) is 0 Å². The normalized spacial score (nSPS) is 44.1. The van der Waals surface area contributed by atoms with E-state index < -0.39 is 0 Å². The molecule has 0 N–H and O–H groups in total. The first kappa shape index (κ1) is 9.55. The van der Waals surface area contributed by atoms with E-state index in [0.717, 1.165) is 17.8 Å². The van der Waals surface area contributed by atoms with Crippen LogP contribution in [0.1, 0.15) is 59.3 Å². The number of hydrogen-bond acceptors (Lipinski definition) is 0. The molecule has 76 valence electrons. The molecule has 0 heteroatoms. The minimum Gasteiger partial charge on any atom is -0.0620 e. The monoisotopic (exact) mass is 180 g/mol. The van der Waals surface area contributed by atoms with Crippen molar-refractivity contribution in [3.8, 4) is 0 Å².